The van der Waals surface area contributed by atoms with Gasteiger partial charge in [0.15, 0.2) is 5.96 Å². The summed E-state index contributed by atoms with van der Waals surface area (Å²) in [5.41, 5.74) is 0. The Morgan fingerprint density at radius 1 is 1.31 bits per heavy atom. The lowest BCUT2D eigenvalue weighted by Gasteiger charge is -2.32. The number of likely N-dealkylation sites (tertiary alicyclic amines) is 1. The van der Waals surface area contributed by atoms with Crippen LogP contribution >= 0.6 is 47.2 Å². The van der Waals surface area contributed by atoms with E-state index in [-0.39, 0.29) is 37.1 Å². The van der Waals surface area contributed by atoms with E-state index in [0.29, 0.717) is 21.8 Å². The van der Waals surface area contributed by atoms with Gasteiger partial charge in [-0.2, -0.15) is 0 Å². The van der Waals surface area contributed by atoms with Gasteiger partial charge in [0.05, 0.1) is 11.6 Å². The Labute approximate surface area is 201 Å². The van der Waals surface area contributed by atoms with Crippen LogP contribution in [0.15, 0.2) is 23.2 Å². The summed E-state index contributed by atoms with van der Waals surface area (Å²) in [4.78, 5) is 7.01. The Kier molecular flexibility index (Phi) is 13.3. The molecule has 9 heteroatoms. The number of aliphatic imine (C=N–C) groups is 1. The van der Waals surface area contributed by atoms with Crippen LogP contribution in [0.25, 0.3) is 0 Å². The predicted molar refractivity (Wildman–Crippen MR) is 132 cm³/mol. The first-order chi connectivity index (χ1) is 13.5. The molecule has 0 aliphatic carbocycles. The summed E-state index contributed by atoms with van der Waals surface area (Å²) in [5.74, 6) is 1.19. The number of nitrogens with zero attached hydrogens (tertiary/aromatic N) is 2. The van der Waals surface area contributed by atoms with Crippen LogP contribution in [-0.2, 0) is 0 Å². The molecule has 1 atom stereocenters. The van der Waals surface area contributed by atoms with Crippen molar-refractivity contribution in [1.82, 2.24) is 15.5 Å². The lowest BCUT2D eigenvalue weighted by molar-refractivity contribution is 0.114. The molecule has 1 heterocycles. The second-order valence-corrected chi connectivity index (χ2v) is 7.78. The van der Waals surface area contributed by atoms with Crippen molar-refractivity contribution in [2.75, 3.05) is 39.3 Å². The molecule has 0 spiro atoms. The van der Waals surface area contributed by atoms with E-state index < -0.39 is 6.10 Å². The average Bonchev–Trinajstić information content (AvgIpc) is 2.69. The number of guanidine groups is 1. The molecule has 6 nitrogen and oxygen atoms in total. The predicted octanol–water partition coefficient (Wildman–Crippen LogP) is 3.78. The average molecular weight is 559 g/mol. The molecule has 1 saturated heterocycles. The molecule has 1 aromatic carbocycles. The van der Waals surface area contributed by atoms with Crippen LogP contribution in [0.3, 0.4) is 0 Å². The van der Waals surface area contributed by atoms with Gasteiger partial charge >= 0.3 is 0 Å². The number of aliphatic hydroxyl groups is 1. The van der Waals surface area contributed by atoms with Crippen LogP contribution < -0.4 is 15.4 Å². The summed E-state index contributed by atoms with van der Waals surface area (Å²) in [7, 11) is 0. The van der Waals surface area contributed by atoms with Gasteiger partial charge in [0.25, 0.3) is 0 Å². The summed E-state index contributed by atoms with van der Waals surface area (Å²) in [6.07, 6.45) is 2.66. The van der Waals surface area contributed by atoms with Gasteiger partial charge < -0.3 is 25.4 Å². The van der Waals surface area contributed by atoms with Crippen molar-refractivity contribution in [2.45, 2.75) is 45.3 Å². The van der Waals surface area contributed by atoms with Crippen LogP contribution in [-0.4, -0.2) is 67.4 Å². The van der Waals surface area contributed by atoms with E-state index >= 15 is 0 Å². The quantitative estimate of drug-likeness (QED) is 0.244. The van der Waals surface area contributed by atoms with Crippen molar-refractivity contribution >= 4 is 53.1 Å². The van der Waals surface area contributed by atoms with Crippen molar-refractivity contribution in [3.05, 3.63) is 28.2 Å². The first-order valence-corrected chi connectivity index (χ1v) is 10.8. The van der Waals surface area contributed by atoms with Crippen LogP contribution in [0.5, 0.6) is 5.75 Å². The summed E-state index contributed by atoms with van der Waals surface area (Å²) >= 11 is 12.1. The molecule has 29 heavy (non-hydrogen) atoms. The fraction of sp³-hybridized carbons (Fsp3) is 0.650. The third-order valence-corrected chi connectivity index (χ3v) is 5.42. The van der Waals surface area contributed by atoms with E-state index in [0.717, 1.165) is 38.4 Å². The molecule has 1 aliphatic heterocycles. The maximum atomic E-state index is 10.2. The Morgan fingerprint density at radius 2 is 2.03 bits per heavy atom. The van der Waals surface area contributed by atoms with Crippen LogP contribution in [0, 0.1) is 0 Å². The fourth-order valence-electron chi connectivity index (χ4n) is 3.16. The van der Waals surface area contributed by atoms with Gasteiger partial charge in [0, 0.05) is 25.7 Å². The molecule has 0 bridgehead atoms. The number of hydrogen-bond acceptors (Lipinski definition) is 4. The summed E-state index contributed by atoms with van der Waals surface area (Å²) in [6, 6.07) is 5.58. The molecule has 0 saturated carbocycles. The Balaban J connectivity index is 0.00000420. The van der Waals surface area contributed by atoms with E-state index in [1.165, 1.54) is 13.0 Å². The molecule has 1 fully saturated rings. The Morgan fingerprint density at radius 3 is 2.69 bits per heavy atom. The molecule has 1 aromatic rings. The molecule has 1 unspecified atom stereocenters. The van der Waals surface area contributed by atoms with Crippen molar-refractivity contribution in [1.29, 1.82) is 0 Å². The zero-order valence-electron chi connectivity index (χ0n) is 17.2. The molecule has 1 aliphatic rings. The normalized spacial score (nSPS) is 16.8. The lowest BCUT2D eigenvalue weighted by atomic mass is 10.1. The zero-order chi connectivity index (χ0) is 20.4. The highest BCUT2D eigenvalue weighted by Gasteiger charge is 2.19. The summed E-state index contributed by atoms with van der Waals surface area (Å²) in [5, 5.41) is 17.7. The molecule has 2 rings (SSSR count). The smallest absolute Gasteiger partial charge is 0.191 e. The number of ether oxygens (including phenoxy) is 1. The molecular formula is C20H33Cl2IN4O2. The first-order valence-electron chi connectivity index (χ1n) is 10.1. The van der Waals surface area contributed by atoms with Gasteiger partial charge in [-0.15, -0.1) is 24.0 Å². The third-order valence-electron chi connectivity index (χ3n) is 4.62. The van der Waals surface area contributed by atoms with Crippen molar-refractivity contribution in [2.24, 2.45) is 4.99 Å². The number of benzene rings is 1. The lowest BCUT2D eigenvalue weighted by Crippen LogP contribution is -2.49. The molecule has 0 aromatic heterocycles. The van der Waals surface area contributed by atoms with E-state index in [2.05, 4.69) is 27.4 Å². The Bertz CT molecular complexity index is 628. The van der Waals surface area contributed by atoms with Gasteiger partial charge in [-0.3, -0.25) is 4.99 Å². The number of rotatable bonds is 9. The van der Waals surface area contributed by atoms with Crippen molar-refractivity contribution < 1.29 is 9.84 Å². The fourth-order valence-corrected chi connectivity index (χ4v) is 3.51. The highest BCUT2D eigenvalue weighted by Crippen LogP contribution is 2.31. The monoisotopic (exact) mass is 558 g/mol. The van der Waals surface area contributed by atoms with E-state index in [9.17, 15) is 5.11 Å². The minimum atomic E-state index is -0.739. The van der Waals surface area contributed by atoms with E-state index in [1.54, 1.807) is 18.2 Å². The minimum Gasteiger partial charge on any atom is -0.489 e. The number of hydrogen-bond donors (Lipinski definition) is 3. The highest BCUT2D eigenvalue weighted by molar-refractivity contribution is 14.0. The van der Waals surface area contributed by atoms with Gasteiger partial charge in [0.1, 0.15) is 23.5 Å². The summed E-state index contributed by atoms with van der Waals surface area (Å²) in [6.45, 7) is 8.75. The highest BCUT2D eigenvalue weighted by atomic mass is 127. The maximum absolute atomic E-state index is 10.2. The Hall–Kier alpha value is -0.480. The standard InChI is InChI=1S/C20H32Cl2N4O2.HI/c1-3-10-26-11-8-15(9-12-26)25-20(23-4-2)24-13-16(27)14-28-18-7-5-6-17(21)19(18)22;/h5-7,15-16,27H,3-4,8-14H2,1-2H3,(H2,23,24,25);1H. The molecule has 166 valence electrons. The van der Waals surface area contributed by atoms with Gasteiger partial charge in [-0.1, -0.05) is 36.2 Å². The topological polar surface area (TPSA) is 69.1 Å². The molecule has 0 radical (unpaired) electrons. The number of nitrogens with one attached hydrogen (secondary N) is 2. The largest absolute Gasteiger partial charge is 0.489 e. The minimum absolute atomic E-state index is 0. The number of halogens is 3. The SMILES string of the molecule is CCCN1CCC(NC(=NCC(O)COc2cccc(Cl)c2Cl)NCC)CC1.I. The van der Waals surface area contributed by atoms with Crippen LogP contribution in [0.4, 0.5) is 0 Å². The second kappa shape index (κ2) is 14.5. The van der Waals surface area contributed by atoms with E-state index in [4.69, 9.17) is 27.9 Å². The molecule has 0 amide bonds. The zero-order valence-corrected chi connectivity index (χ0v) is 21.0. The van der Waals surface area contributed by atoms with Gasteiger partial charge in [-0.25, -0.2) is 0 Å². The van der Waals surface area contributed by atoms with E-state index in [1.807, 2.05) is 6.92 Å². The summed E-state index contributed by atoms with van der Waals surface area (Å²) < 4.78 is 5.57. The first kappa shape index (κ1) is 26.6. The molecular weight excluding hydrogens is 526 g/mol. The van der Waals surface area contributed by atoms with Crippen molar-refractivity contribution in [3.63, 3.8) is 0 Å². The third kappa shape index (κ3) is 9.46. The second-order valence-electron chi connectivity index (χ2n) is 7.00. The number of piperidine rings is 1. The number of aliphatic hydroxyl groups excluding tert-OH is 1. The van der Waals surface area contributed by atoms with Gasteiger partial charge in [0.2, 0.25) is 0 Å². The maximum Gasteiger partial charge on any atom is 0.191 e. The molecule has 3 N–H and O–H groups in total. The van der Waals surface area contributed by atoms with Crippen LogP contribution in [0.1, 0.15) is 33.1 Å². The van der Waals surface area contributed by atoms with Crippen LogP contribution in [0.2, 0.25) is 10.0 Å². The van der Waals surface area contributed by atoms with Gasteiger partial charge in [-0.05, 0) is 44.9 Å². The van der Waals surface area contributed by atoms with Crippen molar-refractivity contribution in [3.8, 4) is 5.75 Å².